The van der Waals surface area contributed by atoms with Gasteiger partial charge in [0.05, 0.1) is 6.42 Å². The number of carbonyl (C=O) groups is 1. The van der Waals surface area contributed by atoms with Gasteiger partial charge in [-0.3, -0.25) is 4.79 Å². The number of benzene rings is 2. The smallest absolute Gasteiger partial charge is 0.230 e. The molecule has 2 aromatic carbocycles. The SMILES string of the molecule is Cc1ccccc1CC(=O)NC(=S)Nc1ccc(O)cc1. The standard InChI is InChI=1S/C16H16N2O2S/c1-11-4-2-3-5-12(11)10-15(20)18-16(21)17-13-6-8-14(19)9-7-13/h2-9,19H,10H2,1H3,(H2,17,18,20,21). The Balaban J connectivity index is 1.89. The van der Waals surface area contributed by atoms with Gasteiger partial charge in [-0.2, -0.15) is 0 Å². The molecular formula is C16H16N2O2S. The average Bonchev–Trinajstić information content (AvgIpc) is 2.44. The van der Waals surface area contributed by atoms with Gasteiger partial charge >= 0.3 is 0 Å². The van der Waals surface area contributed by atoms with E-state index < -0.39 is 0 Å². The number of hydrogen-bond acceptors (Lipinski definition) is 3. The van der Waals surface area contributed by atoms with Crippen LogP contribution in [0.3, 0.4) is 0 Å². The topological polar surface area (TPSA) is 61.4 Å². The lowest BCUT2D eigenvalue weighted by atomic mass is 10.1. The van der Waals surface area contributed by atoms with Crippen LogP contribution in [0.2, 0.25) is 0 Å². The van der Waals surface area contributed by atoms with E-state index in [2.05, 4.69) is 10.6 Å². The number of phenolic OH excluding ortho intramolecular Hbond substituents is 1. The van der Waals surface area contributed by atoms with Crippen LogP contribution in [0.1, 0.15) is 11.1 Å². The third-order valence-corrected chi connectivity index (χ3v) is 3.19. The predicted octanol–water partition coefficient (Wildman–Crippen LogP) is 2.76. The van der Waals surface area contributed by atoms with Crippen LogP contribution in [-0.4, -0.2) is 16.1 Å². The first-order valence-corrected chi connectivity index (χ1v) is 6.90. The Bertz CT molecular complexity index is 654. The molecule has 0 spiro atoms. The summed E-state index contributed by atoms with van der Waals surface area (Å²) in [5.41, 5.74) is 2.75. The number of aryl methyl sites for hydroxylation is 1. The van der Waals surface area contributed by atoms with Crippen molar-refractivity contribution >= 4 is 28.9 Å². The summed E-state index contributed by atoms with van der Waals surface area (Å²) in [4.78, 5) is 11.9. The predicted molar refractivity (Wildman–Crippen MR) is 87.4 cm³/mol. The molecule has 0 atom stereocenters. The van der Waals surface area contributed by atoms with E-state index in [4.69, 9.17) is 12.2 Å². The molecule has 0 aromatic heterocycles. The highest BCUT2D eigenvalue weighted by molar-refractivity contribution is 7.80. The molecule has 0 unspecified atom stereocenters. The Morgan fingerprint density at radius 3 is 2.48 bits per heavy atom. The van der Waals surface area contributed by atoms with Gasteiger partial charge in [0.15, 0.2) is 5.11 Å². The van der Waals surface area contributed by atoms with Crippen molar-refractivity contribution in [2.75, 3.05) is 5.32 Å². The zero-order valence-electron chi connectivity index (χ0n) is 11.6. The molecule has 1 amide bonds. The van der Waals surface area contributed by atoms with Crippen molar-refractivity contribution in [1.29, 1.82) is 0 Å². The number of anilines is 1. The lowest BCUT2D eigenvalue weighted by Gasteiger charge is -2.10. The molecule has 0 heterocycles. The second-order valence-corrected chi connectivity index (χ2v) is 5.06. The van der Waals surface area contributed by atoms with Gasteiger partial charge in [0, 0.05) is 5.69 Å². The molecule has 0 saturated carbocycles. The van der Waals surface area contributed by atoms with Crippen molar-refractivity contribution in [2.24, 2.45) is 0 Å². The molecule has 0 radical (unpaired) electrons. The van der Waals surface area contributed by atoms with Crippen molar-refractivity contribution in [3.8, 4) is 5.75 Å². The third kappa shape index (κ3) is 4.57. The quantitative estimate of drug-likeness (QED) is 0.602. The Morgan fingerprint density at radius 2 is 1.81 bits per heavy atom. The Morgan fingerprint density at radius 1 is 1.14 bits per heavy atom. The molecule has 4 nitrogen and oxygen atoms in total. The first-order chi connectivity index (χ1) is 10.0. The molecule has 21 heavy (non-hydrogen) atoms. The lowest BCUT2D eigenvalue weighted by molar-refractivity contribution is -0.119. The Labute approximate surface area is 128 Å². The molecular weight excluding hydrogens is 284 g/mol. The molecule has 0 bridgehead atoms. The van der Waals surface area contributed by atoms with Gasteiger partial charge in [0.2, 0.25) is 5.91 Å². The maximum atomic E-state index is 11.9. The van der Waals surface area contributed by atoms with Gasteiger partial charge in [0.25, 0.3) is 0 Å². The van der Waals surface area contributed by atoms with Crippen LogP contribution in [0.4, 0.5) is 5.69 Å². The molecule has 2 rings (SSSR count). The van der Waals surface area contributed by atoms with Crippen LogP contribution in [-0.2, 0) is 11.2 Å². The molecule has 0 aliphatic rings. The van der Waals surface area contributed by atoms with E-state index in [0.29, 0.717) is 5.69 Å². The Kier molecular flexibility index (Phi) is 4.90. The number of carbonyl (C=O) groups excluding carboxylic acids is 1. The lowest BCUT2D eigenvalue weighted by Crippen LogP contribution is -2.35. The fourth-order valence-electron chi connectivity index (χ4n) is 1.86. The summed E-state index contributed by atoms with van der Waals surface area (Å²) >= 11 is 5.09. The summed E-state index contributed by atoms with van der Waals surface area (Å²) in [6.07, 6.45) is 0.282. The molecule has 5 heteroatoms. The van der Waals surface area contributed by atoms with Gasteiger partial charge in [-0.05, 0) is 54.5 Å². The highest BCUT2D eigenvalue weighted by Gasteiger charge is 2.07. The molecule has 0 fully saturated rings. The zero-order valence-corrected chi connectivity index (χ0v) is 12.4. The van der Waals surface area contributed by atoms with Crippen molar-refractivity contribution in [2.45, 2.75) is 13.3 Å². The van der Waals surface area contributed by atoms with E-state index in [1.54, 1.807) is 24.3 Å². The van der Waals surface area contributed by atoms with Gasteiger partial charge in [-0.1, -0.05) is 24.3 Å². The second kappa shape index (κ2) is 6.85. The van der Waals surface area contributed by atoms with Gasteiger partial charge in [-0.25, -0.2) is 0 Å². The molecule has 0 aliphatic carbocycles. The normalized spacial score (nSPS) is 9.95. The molecule has 0 saturated heterocycles. The summed E-state index contributed by atoms with van der Waals surface area (Å²) in [5.74, 6) is 0.00985. The summed E-state index contributed by atoms with van der Waals surface area (Å²) in [5, 5.41) is 15.0. The second-order valence-electron chi connectivity index (χ2n) is 4.65. The summed E-state index contributed by atoms with van der Waals surface area (Å²) < 4.78 is 0. The van der Waals surface area contributed by atoms with Crippen LogP contribution < -0.4 is 10.6 Å². The summed E-state index contributed by atoms with van der Waals surface area (Å²) in [7, 11) is 0. The highest BCUT2D eigenvalue weighted by atomic mass is 32.1. The fourth-order valence-corrected chi connectivity index (χ4v) is 2.09. The van der Waals surface area contributed by atoms with Crippen LogP contribution in [0.5, 0.6) is 5.75 Å². The van der Waals surface area contributed by atoms with Crippen LogP contribution in [0.15, 0.2) is 48.5 Å². The first-order valence-electron chi connectivity index (χ1n) is 6.49. The van der Waals surface area contributed by atoms with E-state index in [0.717, 1.165) is 11.1 Å². The number of nitrogens with one attached hydrogen (secondary N) is 2. The van der Waals surface area contributed by atoms with E-state index in [-0.39, 0.29) is 23.2 Å². The number of amides is 1. The van der Waals surface area contributed by atoms with Crippen molar-refractivity contribution in [1.82, 2.24) is 5.32 Å². The van der Waals surface area contributed by atoms with Crippen LogP contribution >= 0.6 is 12.2 Å². The van der Waals surface area contributed by atoms with E-state index in [1.807, 2.05) is 31.2 Å². The van der Waals surface area contributed by atoms with Crippen molar-refractivity contribution in [3.05, 3.63) is 59.7 Å². The minimum Gasteiger partial charge on any atom is -0.508 e. The maximum absolute atomic E-state index is 11.9. The summed E-state index contributed by atoms with van der Waals surface area (Å²) in [6, 6.07) is 14.2. The number of hydrogen-bond donors (Lipinski definition) is 3. The summed E-state index contributed by atoms with van der Waals surface area (Å²) in [6.45, 7) is 1.97. The molecule has 3 N–H and O–H groups in total. The van der Waals surface area contributed by atoms with E-state index in [9.17, 15) is 9.90 Å². The highest BCUT2D eigenvalue weighted by Crippen LogP contribution is 2.13. The average molecular weight is 300 g/mol. The first kappa shape index (κ1) is 15.0. The molecule has 2 aromatic rings. The number of thiocarbonyl (C=S) groups is 1. The van der Waals surface area contributed by atoms with E-state index >= 15 is 0 Å². The van der Waals surface area contributed by atoms with Crippen LogP contribution in [0, 0.1) is 6.92 Å². The zero-order chi connectivity index (χ0) is 15.2. The number of phenols is 1. The minimum atomic E-state index is -0.166. The van der Waals surface area contributed by atoms with Crippen molar-refractivity contribution < 1.29 is 9.90 Å². The molecule has 0 aliphatic heterocycles. The number of rotatable bonds is 3. The minimum absolute atomic E-state index is 0.166. The number of aromatic hydroxyl groups is 1. The van der Waals surface area contributed by atoms with Crippen molar-refractivity contribution in [3.63, 3.8) is 0 Å². The third-order valence-electron chi connectivity index (χ3n) is 2.99. The fraction of sp³-hybridized carbons (Fsp3) is 0.125. The Hall–Kier alpha value is -2.40. The largest absolute Gasteiger partial charge is 0.508 e. The molecule has 108 valence electrons. The monoisotopic (exact) mass is 300 g/mol. The maximum Gasteiger partial charge on any atom is 0.230 e. The van der Waals surface area contributed by atoms with Crippen LogP contribution in [0.25, 0.3) is 0 Å². The van der Waals surface area contributed by atoms with Gasteiger partial charge in [-0.15, -0.1) is 0 Å². The van der Waals surface area contributed by atoms with Gasteiger partial charge in [0.1, 0.15) is 5.75 Å². The van der Waals surface area contributed by atoms with Gasteiger partial charge < -0.3 is 15.7 Å². The van der Waals surface area contributed by atoms with E-state index in [1.165, 1.54) is 0 Å².